The van der Waals surface area contributed by atoms with Gasteiger partial charge in [0.1, 0.15) is 0 Å². The Kier molecular flexibility index (Phi) is 5.47. The Labute approximate surface area is 133 Å². The van der Waals surface area contributed by atoms with Gasteiger partial charge in [0.25, 0.3) is 0 Å². The molecule has 0 saturated carbocycles. The normalized spacial score (nSPS) is 19.6. The van der Waals surface area contributed by atoms with Crippen molar-refractivity contribution in [3.63, 3.8) is 0 Å². The van der Waals surface area contributed by atoms with Crippen molar-refractivity contribution in [1.82, 2.24) is 0 Å². The van der Waals surface area contributed by atoms with E-state index in [0.29, 0.717) is 12.1 Å². The smallest absolute Gasteiger partial charge is 0.339 e. The number of methoxy groups -OCH3 is 1. The molecule has 0 radical (unpaired) electrons. The van der Waals surface area contributed by atoms with E-state index in [9.17, 15) is 18.0 Å². The number of benzene rings is 1. The fourth-order valence-corrected chi connectivity index (χ4v) is 5.60. The number of amides is 1. The van der Waals surface area contributed by atoms with Gasteiger partial charge < -0.3 is 10.1 Å². The van der Waals surface area contributed by atoms with Crippen LogP contribution in [0.25, 0.3) is 0 Å². The topological polar surface area (TPSA) is 89.5 Å². The molecule has 8 heteroatoms. The molecule has 1 amide bonds. The van der Waals surface area contributed by atoms with Gasteiger partial charge in [-0.2, -0.15) is 0 Å². The quantitative estimate of drug-likeness (QED) is 0.811. The molecule has 0 spiro atoms. The lowest BCUT2D eigenvalue weighted by molar-refractivity contribution is -0.113. The van der Waals surface area contributed by atoms with Gasteiger partial charge in [-0.3, -0.25) is 4.79 Å². The molecule has 1 heterocycles. The van der Waals surface area contributed by atoms with Gasteiger partial charge in [-0.15, -0.1) is 11.8 Å². The molecule has 0 aromatic heterocycles. The van der Waals surface area contributed by atoms with Gasteiger partial charge in [0.15, 0.2) is 9.84 Å². The molecule has 1 aromatic rings. The van der Waals surface area contributed by atoms with Crippen molar-refractivity contribution in [2.75, 3.05) is 29.7 Å². The van der Waals surface area contributed by atoms with Crippen LogP contribution in [-0.4, -0.2) is 49.9 Å². The molecule has 120 valence electrons. The van der Waals surface area contributed by atoms with Crippen molar-refractivity contribution in [3.8, 4) is 0 Å². The number of esters is 1. The summed E-state index contributed by atoms with van der Waals surface area (Å²) in [5, 5.41) is 2.62. The molecular weight excluding hydrogens is 326 g/mol. The van der Waals surface area contributed by atoms with Gasteiger partial charge >= 0.3 is 5.97 Å². The molecule has 0 aliphatic carbocycles. The van der Waals surface area contributed by atoms with Crippen molar-refractivity contribution in [3.05, 3.63) is 29.8 Å². The van der Waals surface area contributed by atoms with Gasteiger partial charge in [-0.05, 0) is 18.6 Å². The molecule has 1 atom stereocenters. The minimum atomic E-state index is -2.94. The highest BCUT2D eigenvalue weighted by atomic mass is 32.2. The van der Waals surface area contributed by atoms with Crippen LogP contribution < -0.4 is 5.32 Å². The zero-order chi connectivity index (χ0) is 16.2. The van der Waals surface area contributed by atoms with Crippen LogP contribution in [0.1, 0.15) is 16.8 Å². The number of hydrogen-bond acceptors (Lipinski definition) is 6. The van der Waals surface area contributed by atoms with E-state index in [1.54, 1.807) is 24.3 Å². The van der Waals surface area contributed by atoms with E-state index in [1.807, 2.05) is 0 Å². The van der Waals surface area contributed by atoms with E-state index >= 15 is 0 Å². The van der Waals surface area contributed by atoms with Gasteiger partial charge in [0, 0.05) is 5.25 Å². The Bertz CT molecular complexity index is 672. The van der Waals surface area contributed by atoms with Crippen LogP contribution in [0.4, 0.5) is 5.69 Å². The summed E-state index contributed by atoms with van der Waals surface area (Å²) in [5.41, 5.74) is 0.672. The summed E-state index contributed by atoms with van der Waals surface area (Å²) >= 11 is 1.33. The van der Waals surface area contributed by atoms with E-state index in [2.05, 4.69) is 10.1 Å². The maximum atomic E-state index is 12.0. The summed E-state index contributed by atoms with van der Waals surface area (Å²) in [6.07, 6.45) is 0.582. The van der Waals surface area contributed by atoms with Gasteiger partial charge in [0.05, 0.1) is 35.6 Å². The van der Waals surface area contributed by atoms with E-state index in [4.69, 9.17) is 0 Å². The van der Waals surface area contributed by atoms with Crippen molar-refractivity contribution in [2.45, 2.75) is 11.7 Å². The molecule has 1 aromatic carbocycles. The number of rotatable bonds is 5. The Morgan fingerprint density at radius 1 is 1.36 bits per heavy atom. The number of hydrogen-bond donors (Lipinski definition) is 1. The van der Waals surface area contributed by atoms with E-state index < -0.39 is 15.8 Å². The lowest BCUT2D eigenvalue weighted by Gasteiger charge is -2.11. The van der Waals surface area contributed by atoms with E-state index in [1.165, 1.54) is 18.9 Å². The van der Waals surface area contributed by atoms with E-state index in [-0.39, 0.29) is 34.0 Å². The standard InChI is InChI=1S/C14H17NO5S2/c1-20-14(17)11-4-2-3-5-12(11)15-13(16)8-21-10-6-7-22(18,19)9-10/h2-5,10H,6-9H2,1H3,(H,15,16). The number of anilines is 1. The minimum absolute atomic E-state index is 0.0356. The van der Waals surface area contributed by atoms with Crippen LogP contribution in [0.5, 0.6) is 0 Å². The lowest BCUT2D eigenvalue weighted by Crippen LogP contribution is -2.19. The number of sulfone groups is 1. The van der Waals surface area contributed by atoms with Crippen molar-refractivity contribution in [1.29, 1.82) is 0 Å². The van der Waals surface area contributed by atoms with Crippen LogP contribution in [0.15, 0.2) is 24.3 Å². The minimum Gasteiger partial charge on any atom is -0.465 e. The maximum Gasteiger partial charge on any atom is 0.339 e. The average Bonchev–Trinajstić information content (AvgIpc) is 2.84. The fraction of sp³-hybridized carbons (Fsp3) is 0.429. The molecule has 2 rings (SSSR count). The van der Waals surface area contributed by atoms with Gasteiger partial charge in [-0.25, -0.2) is 13.2 Å². The van der Waals surface area contributed by atoms with Crippen LogP contribution in [0.3, 0.4) is 0 Å². The number of ether oxygens (including phenoxy) is 1. The van der Waals surface area contributed by atoms with Crippen LogP contribution in [0, 0.1) is 0 Å². The predicted molar refractivity (Wildman–Crippen MR) is 85.9 cm³/mol. The van der Waals surface area contributed by atoms with Gasteiger partial charge in [0.2, 0.25) is 5.91 Å². The molecule has 1 unspecified atom stereocenters. The molecule has 1 N–H and O–H groups in total. The third-order valence-electron chi connectivity index (χ3n) is 3.25. The molecule has 1 aliphatic rings. The first kappa shape index (κ1) is 16.8. The predicted octanol–water partition coefficient (Wildman–Crippen LogP) is 1.33. The number of nitrogens with one attached hydrogen (secondary N) is 1. The largest absolute Gasteiger partial charge is 0.465 e. The molecule has 1 saturated heterocycles. The van der Waals surface area contributed by atoms with Crippen molar-refractivity contribution < 1.29 is 22.7 Å². The Morgan fingerprint density at radius 3 is 2.73 bits per heavy atom. The average molecular weight is 343 g/mol. The van der Waals surface area contributed by atoms with E-state index in [0.717, 1.165) is 0 Å². The van der Waals surface area contributed by atoms with Gasteiger partial charge in [-0.1, -0.05) is 12.1 Å². The SMILES string of the molecule is COC(=O)c1ccccc1NC(=O)CSC1CCS(=O)(=O)C1. The summed E-state index contributed by atoms with van der Waals surface area (Å²) in [6.45, 7) is 0. The first-order chi connectivity index (χ1) is 10.4. The summed E-state index contributed by atoms with van der Waals surface area (Å²) in [7, 11) is -1.66. The Hall–Kier alpha value is -1.54. The second kappa shape index (κ2) is 7.15. The molecule has 0 bridgehead atoms. The summed E-state index contributed by atoms with van der Waals surface area (Å²) in [4.78, 5) is 23.6. The lowest BCUT2D eigenvalue weighted by atomic mass is 10.2. The number of para-hydroxylation sites is 1. The molecular formula is C14H17NO5S2. The van der Waals surface area contributed by atoms with Crippen LogP contribution in [0.2, 0.25) is 0 Å². The Balaban J connectivity index is 1.91. The summed E-state index contributed by atoms with van der Waals surface area (Å²) < 4.78 is 27.4. The zero-order valence-electron chi connectivity index (χ0n) is 12.1. The third kappa shape index (κ3) is 4.48. The molecule has 1 aliphatic heterocycles. The second-order valence-corrected chi connectivity index (χ2v) is 8.44. The zero-order valence-corrected chi connectivity index (χ0v) is 13.7. The number of thioether (sulfide) groups is 1. The first-order valence-corrected chi connectivity index (χ1v) is 9.57. The highest BCUT2D eigenvalue weighted by molar-refractivity contribution is 8.02. The second-order valence-electron chi connectivity index (χ2n) is 4.92. The highest BCUT2D eigenvalue weighted by Crippen LogP contribution is 2.24. The molecule has 22 heavy (non-hydrogen) atoms. The monoisotopic (exact) mass is 343 g/mol. The first-order valence-electron chi connectivity index (χ1n) is 6.70. The summed E-state index contributed by atoms with van der Waals surface area (Å²) in [5.74, 6) is -0.326. The summed E-state index contributed by atoms with van der Waals surface area (Å²) in [6, 6.07) is 6.58. The van der Waals surface area contributed by atoms with Crippen molar-refractivity contribution in [2.24, 2.45) is 0 Å². The molecule has 6 nitrogen and oxygen atoms in total. The van der Waals surface area contributed by atoms with Crippen LogP contribution >= 0.6 is 11.8 Å². The van der Waals surface area contributed by atoms with Crippen molar-refractivity contribution >= 4 is 39.2 Å². The highest BCUT2D eigenvalue weighted by Gasteiger charge is 2.28. The number of carbonyl (C=O) groups is 2. The fourth-order valence-electron chi connectivity index (χ4n) is 2.15. The third-order valence-corrected chi connectivity index (χ3v) is 6.53. The van der Waals surface area contributed by atoms with Crippen LogP contribution in [-0.2, 0) is 19.4 Å². The number of carbonyl (C=O) groups excluding carboxylic acids is 2. The molecule has 1 fully saturated rings. The maximum absolute atomic E-state index is 12.0. The Morgan fingerprint density at radius 2 is 2.09 bits per heavy atom.